The molecule has 1 rings (SSSR count). The molecular formula is C17H27F2NO. The highest BCUT2D eigenvalue weighted by Crippen LogP contribution is 2.23. The van der Waals surface area contributed by atoms with Crippen molar-refractivity contribution in [1.29, 1.82) is 0 Å². The first kappa shape index (κ1) is 17.9. The summed E-state index contributed by atoms with van der Waals surface area (Å²) in [5.74, 6) is 0.217. The third-order valence-electron chi connectivity index (χ3n) is 3.49. The van der Waals surface area contributed by atoms with E-state index in [9.17, 15) is 8.78 Å². The fourth-order valence-electron chi connectivity index (χ4n) is 2.36. The molecule has 0 bridgehead atoms. The predicted octanol–water partition coefficient (Wildman–Crippen LogP) is 5.30. The summed E-state index contributed by atoms with van der Waals surface area (Å²) in [5, 5.41) is 3.53. The van der Waals surface area contributed by atoms with Crippen molar-refractivity contribution in [2.75, 3.05) is 6.54 Å². The summed E-state index contributed by atoms with van der Waals surface area (Å²) in [6.07, 6.45) is 7.08. The largest absolute Gasteiger partial charge is 0.435 e. The second kappa shape index (κ2) is 10.6. The Morgan fingerprint density at radius 1 is 1.00 bits per heavy atom. The zero-order valence-electron chi connectivity index (χ0n) is 13.1. The summed E-state index contributed by atoms with van der Waals surface area (Å²) in [4.78, 5) is 0. The molecule has 0 heterocycles. The van der Waals surface area contributed by atoms with E-state index >= 15 is 0 Å². The molecule has 0 spiro atoms. The Morgan fingerprint density at radius 2 is 1.71 bits per heavy atom. The summed E-state index contributed by atoms with van der Waals surface area (Å²) < 4.78 is 28.7. The van der Waals surface area contributed by atoms with Crippen LogP contribution in [0.15, 0.2) is 24.3 Å². The van der Waals surface area contributed by atoms with Crippen molar-refractivity contribution in [3.05, 3.63) is 29.8 Å². The lowest BCUT2D eigenvalue weighted by atomic mass is 9.99. The van der Waals surface area contributed by atoms with Crippen LogP contribution in [0.1, 0.15) is 64.0 Å². The van der Waals surface area contributed by atoms with Gasteiger partial charge in [0.15, 0.2) is 0 Å². The van der Waals surface area contributed by atoms with Crippen LogP contribution in [0.2, 0.25) is 0 Å². The molecule has 1 N–H and O–H groups in total. The molecule has 1 atom stereocenters. The number of rotatable bonds is 11. The highest BCUT2D eigenvalue weighted by atomic mass is 19.3. The Labute approximate surface area is 126 Å². The van der Waals surface area contributed by atoms with Crippen molar-refractivity contribution >= 4 is 0 Å². The molecule has 1 unspecified atom stereocenters. The number of benzene rings is 1. The van der Waals surface area contributed by atoms with E-state index in [0.717, 1.165) is 24.9 Å². The van der Waals surface area contributed by atoms with Crippen LogP contribution in [0, 0.1) is 0 Å². The average molecular weight is 299 g/mol. The van der Waals surface area contributed by atoms with Gasteiger partial charge in [-0.3, -0.25) is 0 Å². The van der Waals surface area contributed by atoms with Gasteiger partial charge >= 0.3 is 6.61 Å². The highest BCUT2D eigenvalue weighted by molar-refractivity contribution is 5.29. The first-order valence-corrected chi connectivity index (χ1v) is 7.95. The molecule has 0 aromatic heterocycles. The normalized spacial score (nSPS) is 12.6. The molecule has 0 aliphatic heterocycles. The van der Waals surface area contributed by atoms with Gasteiger partial charge in [0.1, 0.15) is 5.75 Å². The second-order valence-electron chi connectivity index (χ2n) is 5.30. The average Bonchev–Trinajstić information content (AvgIpc) is 2.47. The molecule has 0 amide bonds. The molecule has 21 heavy (non-hydrogen) atoms. The van der Waals surface area contributed by atoms with Gasteiger partial charge in [-0.1, -0.05) is 51.7 Å². The Hall–Kier alpha value is -1.16. The number of unbranched alkanes of at least 4 members (excludes halogenated alkanes) is 3. The van der Waals surface area contributed by atoms with Crippen molar-refractivity contribution in [2.45, 2.75) is 65.0 Å². The van der Waals surface area contributed by atoms with E-state index in [4.69, 9.17) is 0 Å². The van der Waals surface area contributed by atoms with Gasteiger partial charge in [0.25, 0.3) is 0 Å². The molecular weight excluding hydrogens is 272 g/mol. The third kappa shape index (κ3) is 7.42. The maximum absolute atomic E-state index is 12.2. The molecule has 1 aromatic carbocycles. The molecule has 120 valence electrons. The van der Waals surface area contributed by atoms with E-state index in [1.54, 1.807) is 12.1 Å². The van der Waals surface area contributed by atoms with Crippen LogP contribution in [0.3, 0.4) is 0 Å². The zero-order valence-corrected chi connectivity index (χ0v) is 13.1. The second-order valence-corrected chi connectivity index (χ2v) is 5.30. The topological polar surface area (TPSA) is 21.3 Å². The lowest BCUT2D eigenvalue weighted by molar-refractivity contribution is -0.0498. The minimum absolute atomic E-state index is 0.217. The molecule has 0 saturated heterocycles. The van der Waals surface area contributed by atoms with E-state index in [2.05, 4.69) is 23.9 Å². The minimum Gasteiger partial charge on any atom is -0.435 e. The van der Waals surface area contributed by atoms with Crippen LogP contribution in [0.25, 0.3) is 0 Å². The zero-order chi connectivity index (χ0) is 15.5. The minimum atomic E-state index is -2.76. The smallest absolute Gasteiger partial charge is 0.387 e. The summed E-state index contributed by atoms with van der Waals surface area (Å²) in [6.45, 7) is 2.54. The first-order chi connectivity index (χ1) is 10.2. The van der Waals surface area contributed by atoms with Gasteiger partial charge in [0.05, 0.1) is 0 Å². The van der Waals surface area contributed by atoms with Crippen LogP contribution < -0.4 is 10.1 Å². The Balaban J connectivity index is 2.59. The Morgan fingerprint density at radius 3 is 2.29 bits per heavy atom. The van der Waals surface area contributed by atoms with Crippen LogP contribution in [0.4, 0.5) is 8.78 Å². The quantitative estimate of drug-likeness (QED) is 0.560. The fraction of sp³-hybridized carbons (Fsp3) is 0.647. The monoisotopic (exact) mass is 299 g/mol. The fourth-order valence-corrected chi connectivity index (χ4v) is 2.36. The summed E-state index contributed by atoms with van der Waals surface area (Å²) in [6, 6.07) is 7.29. The third-order valence-corrected chi connectivity index (χ3v) is 3.49. The van der Waals surface area contributed by atoms with E-state index in [-0.39, 0.29) is 5.75 Å². The summed E-state index contributed by atoms with van der Waals surface area (Å²) in [7, 11) is 0. The van der Waals surface area contributed by atoms with Crippen molar-refractivity contribution in [3.8, 4) is 5.75 Å². The molecule has 4 heteroatoms. The first-order valence-electron chi connectivity index (χ1n) is 7.95. The number of nitrogens with one attached hydrogen (secondary N) is 1. The molecule has 1 aromatic rings. The number of ether oxygens (including phenoxy) is 1. The van der Waals surface area contributed by atoms with E-state index < -0.39 is 6.61 Å². The molecule has 0 saturated carbocycles. The predicted molar refractivity (Wildman–Crippen MR) is 82.9 cm³/mol. The Bertz CT molecular complexity index is 368. The highest BCUT2D eigenvalue weighted by Gasteiger charge is 2.11. The van der Waals surface area contributed by atoms with Crippen LogP contribution >= 0.6 is 0 Å². The molecule has 0 aliphatic carbocycles. The maximum atomic E-state index is 12.2. The molecule has 0 fully saturated rings. The number of hydrogen-bond acceptors (Lipinski definition) is 2. The maximum Gasteiger partial charge on any atom is 0.387 e. The number of alkyl halides is 2. The van der Waals surface area contributed by atoms with Crippen molar-refractivity contribution in [1.82, 2.24) is 5.32 Å². The van der Waals surface area contributed by atoms with Crippen LogP contribution in [0.5, 0.6) is 5.75 Å². The van der Waals surface area contributed by atoms with Gasteiger partial charge in [-0.2, -0.15) is 8.78 Å². The van der Waals surface area contributed by atoms with Crippen LogP contribution in [-0.4, -0.2) is 13.2 Å². The van der Waals surface area contributed by atoms with E-state index in [1.165, 1.54) is 25.7 Å². The van der Waals surface area contributed by atoms with E-state index in [0.29, 0.717) is 6.04 Å². The van der Waals surface area contributed by atoms with Crippen molar-refractivity contribution < 1.29 is 13.5 Å². The van der Waals surface area contributed by atoms with Crippen LogP contribution in [-0.2, 0) is 0 Å². The Kier molecular flexibility index (Phi) is 8.99. The standard InChI is InChI=1S/C17H27F2NO/c1-3-5-6-7-8-16(20-13-4-2)14-9-11-15(12-10-14)21-17(18)19/h9-12,16-17,20H,3-8,13H2,1-2H3. The molecule has 0 radical (unpaired) electrons. The summed E-state index contributed by atoms with van der Waals surface area (Å²) >= 11 is 0. The lowest BCUT2D eigenvalue weighted by Crippen LogP contribution is -2.22. The van der Waals surface area contributed by atoms with Gasteiger partial charge in [0.2, 0.25) is 0 Å². The van der Waals surface area contributed by atoms with Crippen molar-refractivity contribution in [2.24, 2.45) is 0 Å². The van der Waals surface area contributed by atoms with Gasteiger partial charge in [0, 0.05) is 6.04 Å². The number of halogens is 2. The SMILES string of the molecule is CCCCCCC(NCCC)c1ccc(OC(F)F)cc1. The lowest BCUT2D eigenvalue weighted by Gasteiger charge is -2.19. The number of hydrogen-bond donors (Lipinski definition) is 1. The molecule has 2 nitrogen and oxygen atoms in total. The van der Waals surface area contributed by atoms with E-state index in [1.807, 2.05) is 12.1 Å². The molecule has 0 aliphatic rings. The van der Waals surface area contributed by atoms with Gasteiger partial charge in [-0.25, -0.2) is 0 Å². The summed E-state index contributed by atoms with van der Waals surface area (Å²) in [5.41, 5.74) is 1.14. The van der Waals surface area contributed by atoms with Gasteiger partial charge in [-0.05, 0) is 37.1 Å². The van der Waals surface area contributed by atoms with Gasteiger partial charge < -0.3 is 10.1 Å². The van der Waals surface area contributed by atoms with Crippen molar-refractivity contribution in [3.63, 3.8) is 0 Å². The van der Waals surface area contributed by atoms with Gasteiger partial charge in [-0.15, -0.1) is 0 Å².